The Morgan fingerprint density at radius 3 is 2.76 bits per heavy atom. The van der Waals surface area contributed by atoms with Crippen LogP contribution in [0.2, 0.25) is 0 Å². The maximum atomic E-state index is 11.4. The van der Waals surface area contributed by atoms with Crippen molar-refractivity contribution in [1.82, 2.24) is 10.3 Å². The molecule has 3 atom stereocenters. The third-order valence-electron chi connectivity index (χ3n) is 2.92. The molecule has 2 unspecified atom stereocenters. The maximum Gasteiger partial charge on any atom is 0.154 e. The summed E-state index contributed by atoms with van der Waals surface area (Å²) in [6.45, 7) is 1.90. The van der Waals surface area contributed by atoms with Crippen LogP contribution < -0.4 is 5.32 Å². The average molecular weight is 256 g/mol. The van der Waals surface area contributed by atoms with Gasteiger partial charge in [0.25, 0.3) is 0 Å². The fraction of sp³-hybridized carbons (Fsp3) is 0.545. The number of nitrogens with one attached hydrogen (secondary N) is 1. The van der Waals surface area contributed by atoms with Gasteiger partial charge in [0.1, 0.15) is 0 Å². The topological polar surface area (TPSA) is 79.3 Å². The van der Waals surface area contributed by atoms with Crippen LogP contribution in [0, 0.1) is 0 Å². The van der Waals surface area contributed by atoms with Gasteiger partial charge < -0.3 is 10.4 Å². The quantitative estimate of drug-likeness (QED) is 0.789. The molecule has 1 saturated heterocycles. The van der Waals surface area contributed by atoms with Crippen LogP contribution >= 0.6 is 0 Å². The van der Waals surface area contributed by atoms with Gasteiger partial charge in [0.2, 0.25) is 0 Å². The average Bonchev–Trinajstić information content (AvgIpc) is 2.53. The van der Waals surface area contributed by atoms with Crippen LogP contribution in [0.15, 0.2) is 24.4 Å². The number of pyridine rings is 1. The van der Waals surface area contributed by atoms with Crippen LogP contribution in [0.3, 0.4) is 0 Å². The van der Waals surface area contributed by atoms with Crippen LogP contribution in [-0.4, -0.2) is 42.2 Å². The second-order valence-electron chi connectivity index (χ2n) is 4.39. The summed E-state index contributed by atoms with van der Waals surface area (Å²) < 4.78 is 22.7. The summed E-state index contributed by atoms with van der Waals surface area (Å²) >= 11 is 0. The van der Waals surface area contributed by atoms with Crippen molar-refractivity contribution in [2.45, 2.75) is 25.1 Å². The highest BCUT2D eigenvalue weighted by Crippen LogP contribution is 2.17. The van der Waals surface area contributed by atoms with Gasteiger partial charge in [-0.05, 0) is 19.1 Å². The molecule has 2 rings (SSSR count). The zero-order valence-corrected chi connectivity index (χ0v) is 10.4. The number of aliphatic hydroxyl groups excluding tert-OH is 1. The molecule has 0 spiro atoms. The molecular formula is C11H16N2O3S. The standard InChI is InChI=1S/C11H16N2O3S/c1-8(9-4-2-3-5-12-9)13-10-6-17(15,16)7-11(10)14/h2-5,8,10-11,13-14H,6-7H2,1H3/t8-,10?,11?/m1/s1. The minimum Gasteiger partial charge on any atom is -0.390 e. The lowest BCUT2D eigenvalue weighted by molar-refractivity contribution is 0.160. The molecule has 0 aliphatic carbocycles. The zero-order chi connectivity index (χ0) is 12.5. The van der Waals surface area contributed by atoms with E-state index in [1.165, 1.54) is 0 Å². The van der Waals surface area contributed by atoms with Crippen LogP contribution in [0.5, 0.6) is 0 Å². The predicted molar refractivity (Wildman–Crippen MR) is 64.2 cm³/mol. The minimum absolute atomic E-state index is 0.00859. The predicted octanol–water partition coefficient (Wildman–Crippen LogP) is -0.110. The van der Waals surface area contributed by atoms with E-state index in [-0.39, 0.29) is 17.5 Å². The molecule has 1 fully saturated rings. The Kier molecular flexibility index (Phi) is 3.46. The Morgan fingerprint density at radius 2 is 2.24 bits per heavy atom. The van der Waals surface area contributed by atoms with E-state index >= 15 is 0 Å². The first-order valence-electron chi connectivity index (χ1n) is 5.53. The summed E-state index contributed by atoms with van der Waals surface area (Å²) in [5.74, 6) is -0.162. The number of nitrogens with zero attached hydrogens (tertiary/aromatic N) is 1. The Balaban J connectivity index is 2.03. The molecular weight excluding hydrogens is 240 g/mol. The molecule has 1 aliphatic rings. The molecule has 94 valence electrons. The number of aromatic nitrogens is 1. The molecule has 2 heterocycles. The molecule has 1 aromatic heterocycles. The summed E-state index contributed by atoms with van der Waals surface area (Å²) in [5.41, 5.74) is 0.837. The highest BCUT2D eigenvalue weighted by atomic mass is 32.2. The summed E-state index contributed by atoms with van der Waals surface area (Å²) in [4.78, 5) is 4.19. The Labute approximate surface area is 101 Å². The van der Waals surface area contributed by atoms with Crippen molar-refractivity contribution >= 4 is 9.84 Å². The zero-order valence-electron chi connectivity index (χ0n) is 9.57. The van der Waals surface area contributed by atoms with Crippen molar-refractivity contribution in [3.63, 3.8) is 0 Å². The van der Waals surface area contributed by atoms with Crippen molar-refractivity contribution < 1.29 is 13.5 Å². The molecule has 6 heteroatoms. The Bertz CT molecular complexity index is 475. The fourth-order valence-electron chi connectivity index (χ4n) is 2.03. The van der Waals surface area contributed by atoms with E-state index in [4.69, 9.17) is 0 Å². The Morgan fingerprint density at radius 1 is 1.47 bits per heavy atom. The lowest BCUT2D eigenvalue weighted by Gasteiger charge is -2.20. The molecule has 5 nitrogen and oxygen atoms in total. The molecule has 1 aromatic rings. The first-order chi connectivity index (χ1) is 7.98. The van der Waals surface area contributed by atoms with Crippen LogP contribution in [0.1, 0.15) is 18.7 Å². The molecule has 17 heavy (non-hydrogen) atoms. The summed E-state index contributed by atoms with van der Waals surface area (Å²) in [7, 11) is -3.11. The van der Waals surface area contributed by atoms with E-state index < -0.39 is 22.0 Å². The van der Waals surface area contributed by atoms with Crippen molar-refractivity contribution in [3.05, 3.63) is 30.1 Å². The number of hydrogen-bond donors (Lipinski definition) is 2. The van der Waals surface area contributed by atoms with Gasteiger partial charge >= 0.3 is 0 Å². The van der Waals surface area contributed by atoms with E-state index in [2.05, 4.69) is 10.3 Å². The molecule has 0 bridgehead atoms. The van der Waals surface area contributed by atoms with E-state index in [1.807, 2.05) is 25.1 Å². The number of sulfone groups is 1. The van der Waals surface area contributed by atoms with Crippen molar-refractivity contribution in [1.29, 1.82) is 0 Å². The summed E-state index contributed by atoms with van der Waals surface area (Å²) in [6.07, 6.45) is 0.862. The largest absolute Gasteiger partial charge is 0.390 e. The molecule has 0 aromatic carbocycles. The monoisotopic (exact) mass is 256 g/mol. The first kappa shape index (κ1) is 12.5. The van der Waals surface area contributed by atoms with Gasteiger partial charge in [0.05, 0.1) is 23.3 Å². The van der Waals surface area contributed by atoms with Gasteiger partial charge in [-0.1, -0.05) is 6.07 Å². The van der Waals surface area contributed by atoms with Crippen LogP contribution in [0.25, 0.3) is 0 Å². The van der Waals surface area contributed by atoms with Crippen molar-refractivity contribution in [2.75, 3.05) is 11.5 Å². The van der Waals surface area contributed by atoms with Gasteiger partial charge in [-0.2, -0.15) is 0 Å². The van der Waals surface area contributed by atoms with E-state index in [0.29, 0.717) is 0 Å². The molecule has 0 radical (unpaired) electrons. The third-order valence-corrected chi connectivity index (χ3v) is 4.63. The van der Waals surface area contributed by atoms with Gasteiger partial charge in [0.15, 0.2) is 9.84 Å². The minimum atomic E-state index is -3.11. The van der Waals surface area contributed by atoms with Gasteiger partial charge in [-0.15, -0.1) is 0 Å². The van der Waals surface area contributed by atoms with Gasteiger partial charge in [-0.3, -0.25) is 4.98 Å². The van der Waals surface area contributed by atoms with Crippen molar-refractivity contribution in [3.8, 4) is 0 Å². The van der Waals surface area contributed by atoms with E-state index in [9.17, 15) is 13.5 Å². The number of hydrogen-bond acceptors (Lipinski definition) is 5. The molecule has 0 saturated carbocycles. The second kappa shape index (κ2) is 4.72. The van der Waals surface area contributed by atoms with Gasteiger partial charge in [-0.25, -0.2) is 8.42 Å². The lowest BCUT2D eigenvalue weighted by atomic mass is 10.1. The Hall–Kier alpha value is -0.980. The second-order valence-corrected chi connectivity index (χ2v) is 6.55. The van der Waals surface area contributed by atoms with E-state index in [0.717, 1.165) is 5.69 Å². The third kappa shape index (κ3) is 3.02. The molecule has 2 N–H and O–H groups in total. The summed E-state index contributed by atoms with van der Waals surface area (Å²) in [5, 5.41) is 12.8. The van der Waals surface area contributed by atoms with Gasteiger partial charge in [0, 0.05) is 18.3 Å². The fourth-order valence-corrected chi connectivity index (χ4v) is 3.78. The normalized spacial score (nSPS) is 29.1. The lowest BCUT2D eigenvalue weighted by Crippen LogP contribution is -2.40. The highest BCUT2D eigenvalue weighted by molar-refractivity contribution is 7.91. The molecule has 1 aliphatic heterocycles. The maximum absolute atomic E-state index is 11.4. The van der Waals surface area contributed by atoms with Crippen molar-refractivity contribution in [2.24, 2.45) is 0 Å². The SMILES string of the molecule is C[C@@H](NC1CS(=O)(=O)CC1O)c1ccccn1. The van der Waals surface area contributed by atoms with Crippen LogP contribution in [-0.2, 0) is 9.84 Å². The number of aliphatic hydroxyl groups is 1. The first-order valence-corrected chi connectivity index (χ1v) is 7.35. The number of rotatable bonds is 3. The molecule has 0 amide bonds. The van der Waals surface area contributed by atoms with Crippen LogP contribution in [0.4, 0.5) is 0 Å². The smallest absolute Gasteiger partial charge is 0.154 e. The van der Waals surface area contributed by atoms with E-state index in [1.54, 1.807) is 6.20 Å². The highest BCUT2D eigenvalue weighted by Gasteiger charge is 2.36. The summed E-state index contributed by atoms with van der Waals surface area (Å²) in [6, 6.07) is 5.09.